The van der Waals surface area contributed by atoms with Gasteiger partial charge in [-0.3, -0.25) is 4.79 Å². The van der Waals surface area contributed by atoms with E-state index in [1.807, 2.05) is 14.0 Å². The number of methoxy groups -OCH3 is 1. The van der Waals surface area contributed by atoms with Crippen molar-refractivity contribution in [1.82, 2.24) is 4.90 Å². The summed E-state index contributed by atoms with van der Waals surface area (Å²) in [5.41, 5.74) is 5.52. The highest BCUT2D eigenvalue weighted by molar-refractivity contribution is 5.71. The summed E-state index contributed by atoms with van der Waals surface area (Å²) in [5.74, 6) is 0.233. The van der Waals surface area contributed by atoms with E-state index in [1.165, 1.54) is 7.11 Å². The van der Waals surface area contributed by atoms with Gasteiger partial charge in [0, 0.05) is 13.1 Å². The fraction of sp³-hybridized carbons (Fsp3) is 0.900. The third kappa shape index (κ3) is 5.19. The predicted octanol–water partition coefficient (Wildman–Crippen LogP) is 0.322. The molecule has 2 N–H and O–H groups in total. The van der Waals surface area contributed by atoms with Gasteiger partial charge in [0.15, 0.2) is 0 Å². The molecule has 0 amide bonds. The lowest BCUT2D eigenvalue weighted by atomic mass is 10.1. The molecule has 4 heteroatoms. The van der Waals surface area contributed by atoms with Crippen LogP contribution >= 0.6 is 0 Å². The molecule has 0 radical (unpaired) electrons. The van der Waals surface area contributed by atoms with Crippen LogP contribution in [0.2, 0.25) is 0 Å². The van der Waals surface area contributed by atoms with Crippen LogP contribution in [0.15, 0.2) is 0 Å². The average Bonchev–Trinajstić information content (AvgIpc) is 2.15. The molecule has 0 spiro atoms. The summed E-state index contributed by atoms with van der Waals surface area (Å²) in [6.45, 7) is 6.28. The van der Waals surface area contributed by atoms with Crippen molar-refractivity contribution in [2.45, 2.75) is 13.8 Å². The number of carbonyl (C=O) groups is 1. The van der Waals surface area contributed by atoms with Crippen molar-refractivity contribution < 1.29 is 9.53 Å². The maximum Gasteiger partial charge on any atom is 0.309 e. The maximum atomic E-state index is 11.1. The van der Waals surface area contributed by atoms with Gasteiger partial charge < -0.3 is 15.4 Å². The number of ether oxygens (including phenoxy) is 1. The normalized spacial score (nSPS) is 15.3. The second-order valence-electron chi connectivity index (χ2n) is 3.99. The first-order valence-corrected chi connectivity index (χ1v) is 4.97. The molecule has 0 aromatic carbocycles. The molecule has 0 saturated carbocycles. The fourth-order valence-corrected chi connectivity index (χ4v) is 1.42. The lowest BCUT2D eigenvalue weighted by molar-refractivity contribution is -0.145. The Bertz CT molecular complexity index is 174. The Hall–Kier alpha value is -0.610. The van der Waals surface area contributed by atoms with Crippen LogP contribution in [0.25, 0.3) is 0 Å². The second-order valence-corrected chi connectivity index (χ2v) is 3.99. The van der Waals surface area contributed by atoms with Crippen molar-refractivity contribution in [2.24, 2.45) is 17.6 Å². The Kier molecular flexibility index (Phi) is 6.49. The number of esters is 1. The Morgan fingerprint density at radius 2 is 2.00 bits per heavy atom. The minimum atomic E-state index is -0.155. The first-order valence-electron chi connectivity index (χ1n) is 4.97. The smallest absolute Gasteiger partial charge is 0.309 e. The third-order valence-electron chi connectivity index (χ3n) is 2.21. The zero-order chi connectivity index (χ0) is 11.1. The van der Waals surface area contributed by atoms with Gasteiger partial charge in [0.25, 0.3) is 0 Å². The number of rotatable bonds is 6. The molecule has 0 aliphatic heterocycles. The zero-order valence-electron chi connectivity index (χ0n) is 9.62. The third-order valence-corrected chi connectivity index (χ3v) is 2.21. The number of nitrogens with zero attached hydrogens (tertiary/aromatic N) is 1. The highest BCUT2D eigenvalue weighted by Gasteiger charge is 2.16. The van der Waals surface area contributed by atoms with Crippen LogP contribution in [0, 0.1) is 11.8 Å². The van der Waals surface area contributed by atoms with Crippen LogP contribution in [0.5, 0.6) is 0 Å². The molecule has 0 rings (SSSR count). The zero-order valence-corrected chi connectivity index (χ0v) is 9.62. The van der Waals surface area contributed by atoms with Gasteiger partial charge in [-0.25, -0.2) is 0 Å². The first kappa shape index (κ1) is 13.4. The lowest BCUT2D eigenvalue weighted by Crippen LogP contribution is -2.34. The van der Waals surface area contributed by atoms with Gasteiger partial charge in [-0.15, -0.1) is 0 Å². The molecule has 0 aliphatic carbocycles. The molecular weight excluding hydrogens is 180 g/mol. The summed E-state index contributed by atoms with van der Waals surface area (Å²) in [6.07, 6.45) is 0. The minimum absolute atomic E-state index is 0.0741. The molecule has 2 unspecified atom stereocenters. The molecule has 0 aromatic rings. The maximum absolute atomic E-state index is 11.1. The number of hydrogen-bond donors (Lipinski definition) is 1. The van der Waals surface area contributed by atoms with E-state index in [2.05, 4.69) is 16.6 Å². The summed E-state index contributed by atoms with van der Waals surface area (Å²) in [4.78, 5) is 13.2. The van der Waals surface area contributed by atoms with Crippen LogP contribution in [-0.2, 0) is 9.53 Å². The van der Waals surface area contributed by atoms with Crippen LogP contribution in [0.4, 0.5) is 0 Å². The van der Waals surface area contributed by atoms with Gasteiger partial charge in [0.05, 0.1) is 13.0 Å². The molecule has 14 heavy (non-hydrogen) atoms. The molecule has 0 heterocycles. The van der Waals surface area contributed by atoms with E-state index in [1.54, 1.807) is 0 Å². The summed E-state index contributed by atoms with van der Waals surface area (Å²) >= 11 is 0. The fourth-order valence-electron chi connectivity index (χ4n) is 1.42. The van der Waals surface area contributed by atoms with E-state index in [-0.39, 0.29) is 11.9 Å². The van der Waals surface area contributed by atoms with Gasteiger partial charge >= 0.3 is 5.97 Å². The molecule has 84 valence electrons. The molecule has 0 bridgehead atoms. The van der Waals surface area contributed by atoms with Crippen molar-refractivity contribution in [3.05, 3.63) is 0 Å². The molecular formula is C10H22N2O2. The number of carbonyl (C=O) groups excluding carboxylic acids is 1. The van der Waals surface area contributed by atoms with Crippen molar-refractivity contribution >= 4 is 5.97 Å². The topological polar surface area (TPSA) is 55.6 Å². The molecule has 0 aliphatic rings. The summed E-state index contributed by atoms with van der Waals surface area (Å²) in [7, 11) is 3.41. The summed E-state index contributed by atoms with van der Waals surface area (Å²) < 4.78 is 4.65. The highest BCUT2D eigenvalue weighted by Crippen LogP contribution is 2.03. The Morgan fingerprint density at radius 3 is 2.43 bits per heavy atom. The van der Waals surface area contributed by atoms with Crippen LogP contribution < -0.4 is 5.73 Å². The van der Waals surface area contributed by atoms with E-state index in [4.69, 9.17) is 5.73 Å². The van der Waals surface area contributed by atoms with Gasteiger partial charge in [-0.05, 0) is 19.5 Å². The van der Waals surface area contributed by atoms with E-state index in [0.29, 0.717) is 12.5 Å². The van der Waals surface area contributed by atoms with Crippen molar-refractivity contribution in [3.8, 4) is 0 Å². The average molecular weight is 202 g/mol. The standard InChI is InChI=1S/C10H22N2O2/c1-8(5-11)6-12(3)7-9(2)10(13)14-4/h8-9H,5-7,11H2,1-4H3. The van der Waals surface area contributed by atoms with Crippen molar-refractivity contribution in [1.29, 1.82) is 0 Å². The van der Waals surface area contributed by atoms with Crippen LogP contribution in [-0.4, -0.2) is 44.7 Å². The molecule has 4 nitrogen and oxygen atoms in total. The molecule has 0 saturated heterocycles. The lowest BCUT2D eigenvalue weighted by Gasteiger charge is -2.22. The van der Waals surface area contributed by atoms with Crippen molar-refractivity contribution in [2.75, 3.05) is 33.8 Å². The van der Waals surface area contributed by atoms with Crippen molar-refractivity contribution in [3.63, 3.8) is 0 Å². The summed E-state index contributed by atoms with van der Waals surface area (Å²) in [6, 6.07) is 0. The Labute approximate surface area is 86.4 Å². The van der Waals surface area contributed by atoms with E-state index in [0.717, 1.165) is 13.1 Å². The van der Waals surface area contributed by atoms with Gasteiger partial charge in [-0.2, -0.15) is 0 Å². The molecule has 0 fully saturated rings. The van der Waals surface area contributed by atoms with E-state index in [9.17, 15) is 4.79 Å². The second kappa shape index (κ2) is 6.79. The van der Waals surface area contributed by atoms with E-state index < -0.39 is 0 Å². The number of nitrogens with two attached hydrogens (primary N) is 1. The molecule has 0 aromatic heterocycles. The SMILES string of the molecule is COC(=O)C(C)CN(C)CC(C)CN. The Balaban J connectivity index is 3.81. The van der Waals surface area contributed by atoms with Gasteiger partial charge in [-0.1, -0.05) is 13.8 Å². The van der Waals surface area contributed by atoms with Crippen LogP contribution in [0.3, 0.4) is 0 Å². The highest BCUT2D eigenvalue weighted by atomic mass is 16.5. The van der Waals surface area contributed by atoms with Gasteiger partial charge in [0.2, 0.25) is 0 Å². The quantitative estimate of drug-likeness (QED) is 0.630. The Morgan fingerprint density at radius 1 is 1.43 bits per heavy atom. The van der Waals surface area contributed by atoms with E-state index >= 15 is 0 Å². The number of hydrogen-bond acceptors (Lipinski definition) is 4. The predicted molar refractivity (Wildman–Crippen MR) is 56.9 cm³/mol. The van der Waals surface area contributed by atoms with Crippen LogP contribution in [0.1, 0.15) is 13.8 Å². The minimum Gasteiger partial charge on any atom is -0.469 e. The molecule has 2 atom stereocenters. The monoisotopic (exact) mass is 202 g/mol. The largest absolute Gasteiger partial charge is 0.469 e. The summed E-state index contributed by atoms with van der Waals surface area (Å²) in [5, 5.41) is 0. The van der Waals surface area contributed by atoms with Gasteiger partial charge in [0.1, 0.15) is 0 Å². The first-order chi connectivity index (χ1) is 6.51.